The molecule has 0 aromatic heterocycles. The van der Waals surface area contributed by atoms with Crippen molar-refractivity contribution in [2.24, 2.45) is 0 Å². The number of aliphatic hydroxyl groups is 1. The second-order valence-electron chi connectivity index (χ2n) is 4.47. The number of amides is 1. The summed E-state index contributed by atoms with van der Waals surface area (Å²) < 4.78 is 83.9. The molecule has 1 aromatic carbocycles. The number of hydrogen-bond acceptors (Lipinski definition) is 4. The fourth-order valence-corrected chi connectivity index (χ4v) is 2.30. The monoisotopic (exact) mass is 361 g/mol. The van der Waals surface area contributed by atoms with E-state index in [-0.39, 0.29) is 5.56 Å². The molecule has 2 atom stereocenters. The Balaban J connectivity index is 2.94. The summed E-state index contributed by atoms with van der Waals surface area (Å²) >= 11 is 0. The van der Waals surface area contributed by atoms with E-state index in [1.165, 1.54) is 5.32 Å². The third-order valence-electron chi connectivity index (χ3n) is 2.85. The Morgan fingerprint density at radius 2 is 1.70 bits per heavy atom. The van der Waals surface area contributed by atoms with Crippen LogP contribution >= 0.6 is 0 Å². The molecule has 0 bridgehead atoms. The fourth-order valence-electron chi connectivity index (χ4n) is 1.62. The topological polar surface area (TPSA) is 83.5 Å². The van der Waals surface area contributed by atoms with Crippen molar-refractivity contribution in [1.82, 2.24) is 5.32 Å². The summed E-state index contributed by atoms with van der Waals surface area (Å²) in [5.41, 5.74) is -0.145. The molecule has 2 N–H and O–H groups in total. The average Bonchev–Trinajstić information content (AvgIpc) is 2.50. The molecule has 1 amide bonds. The van der Waals surface area contributed by atoms with Crippen LogP contribution in [0.2, 0.25) is 0 Å². The van der Waals surface area contributed by atoms with E-state index in [2.05, 4.69) is 0 Å². The molecule has 0 aliphatic heterocycles. The van der Waals surface area contributed by atoms with Gasteiger partial charge in [0, 0.05) is 0 Å². The molecule has 1 rings (SSSR count). The number of aliphatic hydroxyl groups excluding tert-OH is 1. The van der Waals surface area contributed by atoms with Gasteiger partial charge in [-0.3, -0.25) is 4.79 Å². The van der Waals surface area contributed by atoms with Gasteiger partial charge in [-0.15, -0.1) is 0 Å². The molecule has 130 valence electrons. The minimum Gasteiger partial charge on any atom is -0.386 e. The molecule has 0 unspecified atom stereocenters. The number of alkyl halides is 5. The van der Waals surface area contributed by atoms with Crippen LogP contribution in [0, 0.1) is 0 Å². The minimum absolute atomic E-state index is 0.145. The summed E-state index contributed by atoms with van der Waals surface area (Å²) in [5, 5.41) is 11.1. The zero-order valence-electron chi connectivity index (χ0n) is 11.3. The Bertz CT molecular complexity index is 644. The molecular weight excluding hydrogens is 349 g/mol. The van der Waals surface area contributed by atoms with Crippen LogP contribution in [0.1, 0.15) is 11.7 Å². The molecule has 0 saturated heterocycles. The first-order valence-electron chi connectivity index (χ1n) is 6.03. The van der Waals surface area contributed by atoms with Crippen LogP contribution in [0.25, 0.3) is 0 Å². The first kappa shape index (κ1) is 19.3. The van der Waals surface area contributed by atoms with Gasteiger partial charge < -0.3 is 10.4 Å². The third-order valence-corrected chi connectivity index (χ3v) is 4.12. The van der Waals surface area contributed by atoms with Crippen LogP contribution in [0.5, 0.6) is 0 Å². The van der Waals surface area contributed by atoms with Crippen LogP contribution in [0.4, 0.5) is 22.0 Å². The summed E-state index contributed by atoms with van der Waals surface area (Å²) in [7, 11) is -4.15. The summed E-state index contributed by atoms with van der Waals surface area (Å²) in [6.45, 7) is -1.49. The van der Waals surface area contributed by atoms with Crippen LogP contribution in [-0.4, -0.2) is 44.3 Å². The lowest BCUT2D eigenvalue weighted by atomic mass is 10.0. The van der Waals surface area contributed by atoms with Crippen LogP contribution in [0.15, 0.2) is 29.2 Å². The molecule has 11 heteroatoms. The van der Waals surface area contributed by atoms with Crippen LogP contribution < -0.4 is 5.32 Å². The molecule has 5 nitrogen and oxygen atoms in total. The normalized spacial score (nSPS) is 15.0. The van der Waals surface area contributed by atoms with E-state index in [1.54, 1.807) is 0 Å². The second kappa shape index (κ2) is 7.21. The quantitative estimate of drug-likeness (QED) is 0.751. The van der Waals surface area contributed by atoms with Crippen molar-refractivity contribution in [3.8, 4) is 0 Å². The van der Waals surface area contributed by atoms with Crippen molar-refractivity contribution in [2.45, 2.75) is 23.2 Å². The van der Waals surface area contributed by atoms with Gasteiger partial charge in [-0.2, -0.15) is 13.2 Å². The lowest BCUT2D eigenvalue weighted by Gasteiger charge is -2.22. The molecule has 0 fully saturated rings. The van der Waals surface area contributed by atoms with E-state index in [4.69, 9.17) is 0 Å². The molecule has 0 spiro atoms. The summed E-state index contributed by atoms with van der Waals surface area (Å²) in [5.74, 6) is -2.42. The highest BCUT2D eigenvalue weighted by molar-refractivity contribution is 7.91. The number of rotatable bonds is 6. The number of nitrogens with one attached hydrogen (secondary N) is 1. The number of benzene rings is 1. The molecule has 0 aliphatic rings. The van der Waals surface area contributed by atoms with Gasteiger partial charge in [-0.05, 0) is 17.7 Å². The van der Waals surface area contributed by atoms with Gasteiger partial charge >= 0.3 is 12.1 Å². The Morgan fingerprint density at radius 1 is 1.17 bits per heavy atom. The van der Waals surface area contributed by atoms with Crippen molar-refractivity contribution >= 4 is 15.7 Å². The number of halogens is 5. The van der Waals surface area contributed by atoms with Gasteiger partial charge in [0.1, 0.15) is 12.8 Å². The Hall–Kier alpha value is -1.75. The van der Waals surface area contributed by atoms with E-state index in [0.29, 0.717) is 0 Å². The van der Waals surface area contributed by atoms with Crippen molar-refractivity contribution in [3.63, 3.8) is 0 Å². The van der Waals surface area contributed by atoms with Gasteiger partial charge in [0.15, 0.2) is 6.01 Å². The lowest BCUT2D eigenvalue weighted by Crippen LogP contribution is -2.46. The lowest BCUT2D eigenvalue weighted by molar-refractivity contribution is -0.175. The smallest absolute Gasteiger partial charge is 0.386 e. The van der Waals surface area contributed by atoms with Crippen molar-refractivity contribution in [3.05, 3.63) is 29.8 Å². The first-order valence-corrected chi connectivity index (χ1v) is 7.68. The highest BCUT2D eigenvalue weighted by Gasteiger charge is 2.40. The number of sulfone groups is 1. The Morgan fingerprint density at radius 3 is 2.09 bits per heavy atom. The van der Waals surface area contributed by atoms with Crippen molar-refractivity contribution in [1.29, 1.82) is 0 Å². The van der Waals surface area contributed by atoms with Gasteiger partial charge in [-0.25, -0.2) is 17.2 Å². The highest BCUT2D eigenvalue weighted by Crippen LogP contribution is 2.22. The molecule has 23 heavy (non-hydrogen) atoms. The second-order valence-corrected chi connectivity index (χ2v) is 6.39. The number of hydrogen-bond donors (Lipinski definition) is 2. The zero-order valence-corrected chi connectivity index (χ0v) is 12.2. The van der Waals surface area contributed by atoms with E-state index in [9.17, 15) is 40.3 Å². The molecule has 0 saturated carbocycles. The standard InChI is InChI=1S/C12H12F5NO4S/c13-5-9(18-11(20)12(15,16)17)10(19)7-1-3-8(4-2-7)23(21,22)6-14/h1-4,9-10,19H,5-6H2,(H,18,20)/t9-,10-/m1/s1. The maximum absolute atomic E-state index is 12.8. The average molecular weight is 361 g/mol. The number of carbonyl (C=O) groups is 1. The molecule has 0 heterocycles. The van der Waals surface area contributed by atoms with Crippen LogP contribution in [-0.2, 0) is 14.6 Å². The van der Waals surface area contributed by atoms with E-state index in [1.807, 2.05) is 0 Å². The van der Waals surface area contributed by atoms with Gasteiger partial charge in [0.05, 0.1) is 10.9 Å². The van der Waals surface area contributed by atoms with E-state index in [0.717, 1.165) is 24.3 Å². The number of carbonyl (C=O) groups excluding carboxylic acids is 1. The van der Waals surface area contributed by atoms with Gasteiger partial charge in [-0.1, -0.05) is 12.1 Å². The highest BCUT2D eigenvalue weighted by atomic mass is 32.2. The molecule has 0 aliphatic carbocycles. The summed E-state index contributed by atoms with van der Waals surface area (Å²) in [4.78, 5) is 10.3. The van der Waals surface area contributed by atoms with Crippen molar-refractivity contribution < 1.29 is 40.3 Å². The van der Waals surface area contributed by atoms with Crippen LogP contribution in [0.3, 0.4) is 0 Å². The first-order chi connectivity index (χ1) is 10.5. The molecule has 0 radical (unpaired) electrons. The van der Waals surface area contributed by atoms with Crippen molar-refractivity contribution in [2.75, 3.05) is 12.7 Å². The molecule has 1 aromatic rings. The largest absolute Gasteiger partial charge is 0.471 e. The van der Waals surface area contributed by atoms with Gasteiger partial charge in [0.2, 0.25) is 9.84 Å². The fraction of sp³-hybridized carbons (Fsp3) is 0.417. The minimum atomic E-state index is -5.24. The Labute approximate surface area is 128 Å². The predicted octanol–water partition coefficient (Wildman–Crippen LogP) is 1.44. The third kappa shape index (κ3) is 4.86. The zero-order chi connectivity index (χ0) is 17.8. The SMILES string of the molecule is O=C(N[C@H](CF)[C@H](O)c1ccc(S(=O)(=O)CF)cc1)C(F)(F)F. The van der Waals surface area contributed by atoms with E-state index >= 15 is 0 Å². The predicted molar refractivity (Wildman–Crippen MR) is 68.5 cm³/mol. The summed E-state index contributed by atoms with van der Waals surface area (Å²) in [6, 6.07) is 0.255. The maximum Gasteiger partial charge on any atom is 0.471 e. The summed E-state index contributed by atoms with van der Waals surface area (Å²) in [6.07, 6.45) is -7.10. The Kier molecular flexibility index (Phi) is 6.05. The molecular formula is C12H12F5NO4S. The van der Waals surface area contributed by atoms with Gasteiger partial charge in [0.25, 0.3) is 0 Å². The van der Waals surface area contributed by atoms with E-state index < -0.39 is 51.6 Å². The maximum atomic E-state index is 12.8.